The number of carboxylic acid groups (broad SMARTS) is 1. The van der Waals surface area contributed by atoms with E-state index in [1.54, 1.807) is 0 Å². The number of para-hydroxylation sites is 1. The van der Waals surface area contributed by atoms with Crippen LogP contribution in [-0.2, 0) is 14.6 Å². The number of urea groups is 1. The summed E-state index contributed by atoms with van der Waals surface area (Å²) in [6.07, 6.45) is 0.973. The normalized spacial score (nSPS) is 18.4. The van der Waals surface area contributed by atoms with Gasteiger partial charge in [0.25, 0.3) is 5.91 Å². The standard InChI is InChI=1S/C13H14N2O6S/c1-22(20,21)7-6-9-11(16)15(13(19)14-9)10-5-3-2-4-8(10)12(17)18/h2-5,9H,6-7H2,1H3,(H,14,19)(H,17,18)/t9-/m0/s1. The SMILES string of the molecule is CS(=O)(=O)CC[C@@H]1NC(=O)N(c2ccccc2C(=O)O)C1=O. The fourth-order valence-corrected chi connectivity index (χ4v) is 2.80. The van der Waals surface area contributed by atoms with Crippen LogP contribution in [0, 0.1) is 0 Å². The molecule has 2 rings (SSSR count). The lowest BCUT2D eigenvalue weighted by molar-refractivity contribution is -0.118. The van der Waals surface area contributed by atoms with Gasteiger partial charge < -0.3 is 10.4 Å². The number of carboxylic acids is 1. The maximum Gasteiger partial charge on any atom is 0.337 e. The minimum absolute atomic E-state index is 0.0423. The molecular weight excluding hydrogens is 312 g/mol. The number of imide groups is 1. The monoisotopic (exact) mass is 326 g/mol. The largest absolute Gasteiger partial charge is 0.478 e. The van der Waals surface area contributed by atoms with E-state index < -0.39 is 33.8 Å². The number of benzene rings is 1. The molecule has 1 aliphatic rings. The van der Waals surface area contributed by atoms with Gasteiger partial charge in [0.1, 0.15) is 15.9 Å². The quantitative estimate of drug-likeness (QED) is 0.748. The molecule has 1 aliphatic heterocycles. The van der Waals surface area contributed by atoms with Crippen molar-refractivity contribution in [3.63, 3.8) is 0 Å². The Morgan fingerprint density at radius 2 is 1.95 bits per heavy atom. The second-order valence-corrected chi connectivity index (χ2v) is 7.18. The van der Waals surface area contributed by atoms with E-state index in [0.29, 0.717) is 0 Å². The highest BCUT2D eigenvalue weighted by molar-refractivity contribution is 7.90. The number of carbonyl (C=O) groups is 3. The van der Waals surface area contributed by atoms with Gasteiger partial charge in [0.15, 0.2) is 0 Å². The molecule has 0 bridgehead atoms. The van der Waals surface area contributed by atoms with Gasteiger partial charge in [-0.1, -0.05) is 12.1 Å². The summed E-state index contributed by atoms with van der Waals surface area (Å²) >= 11 is 0. The zero-order chi connectivity index (χ0) is 16.5. The van der Waals surface area contributed by atoms with Gasteiger partial charge in [-0.15, -0.1) is 0 Å². The maximum atomic E-state index is 12.3. The van der Waals surface area contributed by atoms with Gasteiger partial charge in [0.2, 0.25) is 0 Å². The first-order chi connectivity index (χ1) is 10.2. The molecule has 0 radical (unpaired) electrons. The lowest BCUT2D eigenvalue weighted by Crippen LogP contribution is -2.33. The van der Waals surface area contributed by atoms with Crippen LogP contribution in [0.2, 0.25) is 0 Å². The predicted octanol–water partition coefficient (Wildman–Crippen LogP) is 0.244. The van der Waals surface area contributed by atoms with Crippen LogP contribution in [0.1, 0.15) is 16.8 Å². The van der Waals surface area contributed by atoms with Crippen LogP contribution < -0.4 is 10.2 Å². The third-order valence-corrected chi connectivity index (χ3v) is 4.15. The van der Waals surface area contributed by atoms with E-state index in [0.717, 1.165) is 11.2 Å². The number of hydrogen-bond donors (Lipinski definition) is 2. The molecule has 1 aromatic carbocycles. The molecule has 3 amide bonds. The Kier molecular flexibility index (Phi) is 4.18. The van der Waals surface area contributed by atoms with Gasteiger partial charge in [-0.2, -0.15) is 0 Å². The van der Waals surface area contributed by atoms with Crippen LogP contribution in [0.3, 0.4) is 0 Å². The van der Waals surface area contributed by atoms with Crippen LogP contribution in [0.5, 0.6) is 0 Å². The summed E-state index contributed by atoms with van der Waals surface area (Å²) < 4.78 is 22.3. The molecule has 9 heteroatoms. The third-order valence-electron chi connectivity index (χ3n) is 3.17. The van der Waals surface area contributed by atoms with Crippen LogP contribution in [0.4, 0.5) is 10.5 Å². The number of hydrogen-bond acceptors (Lipinski definition) is 5. The van der Waals surface area contributed by atoms with Crippen LogP contribution in [-0.4, -0.2) is 49.5 Å². The topological polar surface area (TPSA) is 121 Å². The Morgan fingerprint density at radius 3 is 2.55 bits per heavy atom. The Balaban J connectivity index is 2.28. The summed E-state index contributed by atoms with van der Waals surface area (Å²) in [5, 5.41) is 11.5. The van der Waals surface area contributed by atoms with Crippen LogP contribution in [0.25, 0.3) is 0 Å². The summed E-state index contributed by atoms with van der Waals surface area (Å²) in [6.45, 7) is 0. The summed E-state index contributed by atoms with van der Waals surface area (Å²) in [5.41, 5.74) is -0.228. The lowest BCUT2D eigenvalue weighted by atomic mass is 10.1. The van der Waals surface area contributed by atoms with Gasteiger partial charge in [0, 0.05) is 6.26 Å². The highest BCUT2D eigenvalue weighted by atomic mass is 32.2. The number of nitrogens with zero attached hydrogens (tertiary/aromatic N) is 1. The Hall–Kier alpha value is -2.42. The van der Waals surface area contributed by atoms with Crippen molar-refractivity contribution in [3.05, 3.63) is 29.8 Å². The second-order valence-electron chi connectivity index (χ2n) is 4.92. The Bertz CT molecular complexity index is 743. The number of sulfone groups is 1. The van der Waals surface area contributed by atoms with E-state index in [4.69, 9.17) is 5.11 Å². The molecule has 8 nitrogen and oxygen atoms in total. The molecule has 1 fully saturated rings. The summed E-state index contributed by atoms with van der Waals surface area (Å²) in [4.78, 5) is 36.1. The van der Waals surface area contributed by atoms with Gasteiger partial charge in [-0.25, -0.2) is 22.9 Å². The van der Waals surface area contributed by atoms with Gasteiger partial charge in [-0.3, -0.25) is 4.79 Å². The smallest absolute Gasteiger partial charge is 0.337 e. The van der Waals surface area contributed by atoms with Gasteiger partial charge in [-0.05, 0) is 18.6 Å². The zero-order valence-electron chi connectivity index (χ0n) is 11.6. The molecule has 0 unspecified atom stereocenters. The molecule has 2 N–H and O–H groups in total. The molecule has 118 valence electrons. The first kappa shape index (κ1) is 16.0. The van der Waals surface area contributed by atoms with E-state index in [1.807, 2.05) is 0 Å². The number of nitrogens with one attached hydrogen (secondary N) is 1. The van der Waals surface area contributed by atoms with Crippen molar-refractivity contribution in [1.82, 2.24) is 5.32 Å². The summed E-state index contributed by atoms with van der Waals surface area (Å²) in [7, 11) is -3.27. The van der Waals surface area contributed by atoms with Crippen molar-refractivity contribution in [2.75, 3.05) is 16.9 Å². The van der Waals surface area contributed by atoms with Crippen LogP contribution >= 0.6 is 0 Å². The van der Waals surface area contributed by atoms with E-state index in [1.165, 1.54) is 24.3 Å². The third kappa shape index (κ3) is 3.25. The van der Waals surface area contributed by atoms with Gasteiger partial charge in [0.05, 0.1) is 17.0 Å². The van der Waals surface area contributed by atoms with E-state index >= 15 is 0 Å². The average Bonchev–Trinajstić information content (AvgIpc) is 2.70. The molecule has 1 aromatic rings. The minimum Gasteiger partial charge on any atom is -0.478 e. The highest BCUT2D eigenvalue weighted by Gasteiger charge is 2.40. The number of aromatic carboxylic acids is 1. The molecule has 0 spiro atoms. The molecule has 0 aromatic heterocycles. The molecule has 22 heavy (non-hydrogen) atoms. The van der Waals surface area contributed by atoms with Crippen molar-refractivity contribution in [1.29, 1.82) is 0 Å². The number of anilines is 1. The first-order valence-corrected chi connectivity index (χ1v) is 8.41. The van der Waals surface area contributed by atoms with E-state index in [9.17, 15) is 22.8 Å². The average molecular weight is 326 g/mol. The van der Waals surface area contributed by atoms with Crippen LogP contribution in [0.15, 0.2) is 24.3 Å². The van der Waals surface area contributed by atoms with Crippen molar-refractivity contribution in [2.45, 2.75) is 12.5 Å². The van der Waals surface area contributed by atoms with Crippen molar-refractivity contribution in [3.8, 4) is 0 Å². The molecular formula is C13H14N2O6S. The molecule has 1 heterocycles. The van der Waals surface area contributed by atoms with E-state index in [-0.39, 0.29) is 23.4 Å². The first-order valence-electron chi connectivity index (χ1n) is 6.35. The van der Waals surface area contributed by atoms with Crippen molar-refractivity contribution < 1.29 is 27.9 Å². The minimum atomic E-state index is -3.27. The summed E-state index contributed by atoms with van der Waals surface area (Å²) in [6, 6.07) is 3.86. The van der Waals surface area contributed by atoms with Crippen molar-refractivity contribution in [2.24, 2.45) is 0 Å². The second kappa shape index (κ2) is 5.76. The molecule has 1 saturated heterocycles. The predicted molar refractivity (Wildman–Crippen MR) is 77.5 cm³/mol. The Labute approximate surface area is 126 Å². The molecule has 0 saturated carbocycles. The molecule has 1 atom stereocenters. The van der Waals surface area contributed by atoms with Crippen molar-refractivity contribution >= 4 is 33.4 Å². The number of amides is 3. The number of carbonyl (C=O) groups excluding carboxylic acids is 2. The fourth-order valence-electron chi connectivity index (χ4n) is 2.14. The lowest BCUT2D eigenvalue weighted by Gasteiger charge is -2.15. The maximum absolute atomic E-state index is 12.3. The summed E-state index contributed by atoms with van der Waals surface area (Å²) in [5.74, 6) is -2.18. The number of rotatable bonds is 5. The molecule has 0 aliphatic carbocycles. The Morgan fingerprint density at radius 1 is 1.32 bits per heavy atom. The fraction of sp³-hybridized carbons (Fsp3) is 0.308. The van der Waals surface area contributed by atoms with Gasteiger partial charge >= 0.3 is 12.0 Å². The van der Waals surface area contributed by atoms with E-state index in [2.05, 4.69) is 5.32 Å². The highest BCUT2D eigenvalue weighted by Crippen LogP contribution is 2.25. The zero-order valence-corrected chi connectivity index (χ0v) is 12.5.